The van der Waals surface area contributed by atoms with Gasteiger partial charge in [0.15, 0.2) is 10.9 Å². The molecule has 0 aromatic heterocycles. The van der Waals surface area contributed by atoms with E-state index in [4.69, 9.17) is 12.2 Å². The molecule has 1 aliphatic heterocycles. The summed E-state index contributed by atoms with van der Waals surface area (Å²) in [6.07, 6.45) is 2.25. The maximum absolute atomic E-state index is 13.0. The summed E-state index contributed by atoms with van der Waals surface area (Å²) in [5.41, 5.74) is 2.51. The molecule has 0 saturated carbocycles. The molecule has 0 bridgehead atoms. The van der Waals surface area contributed by atoms with Crippen molar-refractivity contribution in [2.45, 2.75) is 25.3 Å². The van der Waals surface area contributed by atoms with E-state index >= 15 is 0 Å². The first kappa shape index (κ1) is 12.3. The van der Waals surface area contributed by atoms with E-state index in [0.717, 1.165) is 29.7 Å². The highest BCUT2D eigenvalue weighted by Crippen LogP contribution is 2.33. The number of allylic oxidation sites excluding steroid dienone is 1. The highest BCUT2D eigenvalue weighted by molar-refractivity contribution is 7.80. The summed E-state index contributed by atoms with van der Waals surface area (Å²) in [6, 6.07) is 5.91. The lowest BCUT2D eigenvalue weighted by Crippen LogP contribution is -2.46. The molecule has 19 heavy (non-hydrogen) atoms. The van der Waals surface area contributed by atoms with Gasteiger partial charge in [0.25, 0.3) is 0 Å². The fourth-order valence-electron chi connectivity index (χ4n) is 2.61. The second-order valence-electron chi connectivity index (χ2n) is 4.75. The molecule has 98 valence electrons. The van der Waals surface area contributed by atoms with Gasteiger partial charge in [0.05, 0.1) is 6.04 Å². The average Bonchev–Trinajstić information content (AvgIpc) is 2.38. The van der Waals surface area contributed by atoms with Gasteiger partial charge in [0.1, 0.15) is 5.82 Å². The zero-order valence-corrected chi connectivity index (χ0v) is 11.0. The SMILES string of the molecule is O=C1CCCC2=C1[C@@H](c1ccc(F)cc1)NC(=S)N2. The minimum Gasteiger partial charge on any atom is -0.351 e. The minimum absolute atomic E-state index is 0.137. The van der Waals surface area contributed by atoms with Gasteiger partial charge in [-0.2, -0.15) is 0 Å². The molecule has 3 nitrogen and oxygen atoms in total. The van der Waals surface area contributed by atoms with E-state index in [1.165, 1.54) is 12.1 Å². The summed E-state index contributed by atoms with van der Waals surface area (Å²) in [5, 5.41) is 6.68. The third-order valence-electron chi connectivity index (χ3n) is 3.49. The van der Waals surface area contributed by atoms with Crippen molar-refractivity contribution < 1.29 is 9.18 Å². The number of halogens is 1. The fraction of sp³-hybridized carbons (Fsp3) is 0.286. The van der Waals surface area contributed by atoms with E-state index in [1.54, 1.807) is 12.1 Å². The van der Waals surface area contributed by atoms with Crippen LogP contribution >= 0.6 is 12.2 Å². The van der Waals surface area contributed by atoms with Crippen LogP contribution in [0.2, 0.25) is 0 Å². The minimum atomic E-state index is -0.288. The Balaban J connectivity index is 2.05. The molecule has 1 atom stereocenters. The van der Waals surface area contributed by atoms with Crippen LogP contribution in [0.5, 0.6) is 0 Å². The molecule has 0 saturated heterocycles. The van der Waals surface area contributed by atoms with Gasteiger partial charge in [-0.15, -0.1) is 0 Å². The Morgan fingerprint density at radius 2 is 1.95 bits per heavy atom. The quantitative estimate of drug-likeness (QED) is 0.773. The second kappa shape index (κ2) is 4.74. The molecule has 2 aliphatic rings. The highest BCUT2D eigenvalue weighted by atomic mass is 32.1. The van der Waals surface area contributed by atoms with Gasteiger partial charge in [-0.1, -0.05) is 12.1 Å². The van der Waals surface area contributed by atoms with Gasteiger partial charge in [0, 0.05) is 17.7 Å². The van der Waals surface area contributed by atoms with Crippen LogP contribution in [-0.4, -0.2) is 10.9 Å². The Morgan fingerprint density at radius 3 is 2.68 bits per heavy atom. The van der Waals surface area contributed by atoms with E-state index in [9.17, 15) is 9.18 Å². The maximum Gasteiger partial charge on any atom is 0.171 e. The first-order chi connectivity index (χ1) is 9.15. The smallest absolute Gasteiger partial charge is 0.171 e. The first-order valence-corrected chi connectivity index (χ1v) is 6.65. The van der Waals surface area contributed by atoms with Crippen LogP contribution in [-0.2, 0) is 4.79 Å². The number of hydrogen-bond donors (Lipinski definition) is 2. The summed E-state index contributed by atoms with van der Waals surface area (Å²) in [4.78, 5) is 12.1. The molecule has 5 heteroatoms. The third-order valence-corrected chi connectivity index (χ3v) is 3.71. The summed E-state index contributed by atoms with van der Waals surface area (Å²) in [7, 11) is 0. The molecule has 2 N–H and O–H groups in total. The van der Waals surface area contributed by atoms with E-state index in [0.29, 0.717) is 11.5 Å². The molecule has 0 unspecified atom stereocenters. The Kier molecular flexibility index (Phi) is 3.06. The Hall–Kier alpha value is -1.75. The van der Waals surface area contributed by atoms with Gasteiger partial charge in [-0.05, 0) is 42.8 Å². The van der Waals surface area contributed by atoms with Crippen LogP contribution in [0, 0.1) is 5.82 Å². The molecule has 3 rings (SSSR count). The molecule has 0 amide bonds. The number of hydrogen-bond acceptors (Lipinski definition) is 2. The highest BCUT2D eigenvalue weighted by Gasteiger charge is 2.32. The van der Waals surface area contributed by atoms with Gasteiger partial charge < -0.3 is 10.6 Å². The number of Topliss-reactive ketones (excluding diaryl/α,β-unsaturated/α-hetero) is 1. The van der Waals surface area contributed by atoms with Gasteiger partial charge in [0.2, 0.25) is 0 Å². The van der Waals surface area contributed by atoms with Crippen molar-refractivity contribution in [3.8, 4) is 0 Å². The molecule has 1 aromatic rings. The lowest BCUT2D eigenvalue weighted by atomic mass is 9.85. The van der Waals surface area contributed by atoms with Crippen LogP contribution < -0.4 is 10.6 Å². The number of carbonyl (C=O) groups is 1. The average molecular weight is 276 g/mol. The lowest BCUT2D eigenvalue weighted by Gasteiger charge is -2.33. The van der Waals surface area contributed by atoms with Crippen molar-refractivity contribution >= 4 is 23.1 Å². The number of thiocarbonyl (C=S) groups is 1. The number of nitrogens with one attached hydrogen (secondary N) is 2. The molecular formula is C14H13FN2OS. The summed E-state index contributed by atoms with van der Waals surface area (Å²) in [5.74, 6) is -0.150. The first-order valence-electron chi connectivity index (χ1n) is 6.24. The normalized spacial score (nSPS) is 22.7. The van der Waals surface area contributed by atoms with Crippen molar-refractivity contribution in [2.24, 2.45) is 0 Å². The van der Waals surface area contributed by atoms with Crippen LogP contribution in [0.15, 0.2) is 35.5 Å². The van der Waals surface area contributed by atoms with Crippen LogP contribution in [0.4, 0.5) is 4.39 Å². The number of carbonyl (C=O) groups excluding carboxylic acids is 1. The van der Waals surface area contributed by atoms with Crippen LogP contribution in [0.1, 0.15) is 30.9 Å². The van der Waals surface area contributed by atoms with Crippen molar-refractivity contribution in [3.63, 3.8) is 0 Å². The predicted molar refractivity (Wildman–Crippen MR) is 73.9 cm³/mol. The van der Waals surface area contributed by atoms with E-state index < -0.39 is 0 Å². The summed E-state index contributed by atoms with van der Waals surface area (Å²) in [6.45, 7) is 0. The summed E-state index contributed by atoms with van der Waals surface area (Å²) < 4.78 is 13.0. The Labute approximate surface area is 115 Å². The number of ketones is 1. The Bertz CT molecular complexity index is 580. The molecule has 1 aromatic carbocycles. The zero-order valence-electron chi connectivity index (χ0n) is 10.2. The van der Waals surface area contributed by atoms with Gasteiger partial charge in [-0.3, -0.25) is 4.79 Å². The van der Waals surface area contributed by atoms with Crippen LogP contribution in [0.3, 0.4) is 0 Å². The predicted octanol–water partition coefficient (Wildman–Crippen LogP) is 2.35. The molecule has 0 radical (unpaired) electrons. The van der Waals surface area contributed by atoms with Crippen LogP contribution in [0.25, 0.3) is 0 Å². The van der Waals surface area contributed by atoms with Crippen molar-refractivity contribution in [3.05, 3.63) is 46.9 Å². The number of benzene rings is 1. The third kappa shape index (κ3) is 2.26. The Morgan fingerprint density at radius 1 is 1.21 bits per heavy atom. The van der Waals surface area contributed by atoms with Crippen molar-refractivity contribution in [1.82, 2.24) is 10.6 Å². The monoisotopic (exact) mass is 276 g/mol. The topological polar surface area (TPSA) is 41.1 Å². The fourth-order valence-corrected chi connectivity index (χ4v) is 2.85. The molecule has 0 fully saturated rings. The maximum atomic E-state index is 13.0. The molecular weight excluding hydrogens is 263 g/mol. The zero-order chi connectivity index (χ0) is 13.4. The van der Waals surface area contributed by atoms with E-state index in [-0.39, 0.29) is 17.6 Å². The number of rotatable bonds is 1. The van der Waals surface area contributed by atoms with E-state index in [2.05, 4.69) is 10.6 Å². The van der Waals surface area contributed by atoms with Crippen molar-refractivity contribution in [1.29, 1.82) is 0 Å². The summed E-state index contributed by atoms with van der Waals surface area (Å²) >= 11 is 5.17. The molecule has 1 heterocycles. The standard InChI is InChI=1S/C14H13FN2OS/c15-9-6-4-8(5-7-9)13-12-10(16-14(19)17-13)2-1-3-11(12)18/h4-7,13H,1-3H2,(H2,16,17,19)/t13-/m1/s1. The molecule has 0 spiro atoms. The van der Waals surface area contributed by atoms with Gasteiger partial charge >= 0.3 is 0 Å². The second-order valence-corrected chi connectivity index (χ2v) is 5.16. The van der Waals surface area contributed by atoms with Crippen molar-refractivity contribution in [2.75, 3.05) is 0 Å². The lowest BCUT2D eigenvalue weighted by molar-refractivity contribution is -0.116. The largest absolute Gasteiger partial charge is 0.351 e. The van der Waals surface area contributed by atoms with Gasteiger partial charge in [-0.25, -0.2) is 4.39 Å². The van der Waals surface area contributed by atoms with E-state index in [1.807, 2.05) is 0 Å². The molecule has 1 aliphatic carbocycles.